The highest BCUT2D eigenvalue weighted by Crippen LogP contribution is 2.34. The fraction of sp³-hybridized carbons (Fsp3) is 0.909. The van der Waals surface area contributed by atoms with Gasteiger partial charge in [-0.15, -0.1) is 0 Å². The molecule has 0 amide bonds. The van der Waals surface area contributed by atoms with Crippen LogP contribution in [-0.4, -0.2) is 46.1 Å². The molecule has 3 atom stereocenters. The predicted molar refractivity (Wildman–Crippen MR) is 62.2 cm³/mol. The standard InChI is InChI=1S/C11H19NO2S/c1-7-3-10(6-15-7)12-4-9(5-12)8(2)11(13)14/h7-10H,3-6H2,1-2H3,(H,13,14). The van der Waals surface area contributed by atoms with Crippen LogP contribution >= 0.6 is 11.8 Å². The van der Waals surface area contributed by atoms with Gasteiger partial charge in [-0.1, -0.05) is 13.8 Å². The molecule has 0 spiro atoms. The number of nitrogens with zero attached hydrogens (tertiary/aromatic N) is 1. The lowest BCUT2D eigenvalue weighted by Gasteiger charge is -2.44. The van der Waals surface area contributed by atoms with Crippen molar-refractivity contribution in [3.05, 3.63) is 0 Å². The Morgan fingerprint density at radius 3 is 2.67 bits per heavy atom. The van der Waals surface area contributed by atoms with Crippen LogP contribution in [0, 0.1) is 11.8 Å². The van der Waals surface area contributed by atoms with Gasteiger partial charge in [0, 0.05) is 30.1 Å². The van der Waals surface area contributed by atoms with Crippen molar-refractivity contribution in [3.63, 3.8) is 0 Å². The minimum atomic E-state index is -0.645. The molecule has 3 unspecified atom stereocenters. The van der Waals surface area contributed by atoms with Crippen LogP contribution in [0.3, 0.4) is 0 Å². The third kappa shape index (κ3) is 2.31. The van der Waals surface area contributed by atoms with Crippen LogP contribution in [-0.2, 0) is 4.79 Å². The summed E-state index contributed by atoms with van der Waals surface area (Å²) in [6.45, 7) is 6.09. The van der Waals surface area contributed by atoms with Crippen LogP contribution in [0.2, 0.25) is 0 Å². The first-order chi connectivity index (χ1) is 7.08. The van der Waals surface area contributed by atoms with E-state index < -0.39 is 5.97 Å². The van der Waals surface area contributed by atoms with Crippen molar-refractivity contribution >= 4 is 17.7 Å². The Morgan fingerprint density at radius 2 is 2.20 bits per heavy atom. The molecule has 0 aromatic rings. The molecule has 0 saturated carbocycles. The Kier molecular flexibility index (Phi) is 3.26. The minimum Gasteiger partial charge on any atom is -0.481 e. The molecule has 1 N–H and O–H groups in total. The topological polar surface area (TPSA) is 40.5 Å². The molecular formula is C11H19NO2S. The van der Waals surface area contributed by atoms with Gasteiger partial charge in [-0.05, 0) is 12.3 Å². The predicted octanol–water partition coefficient (Wildman–Crippen LogP) is 1.53. The lowest BCUT2D eigenvalue weighted by molar-refractivity contribution is -0.145. The van der Waals surface area contributed by atoms with E-state index >= 15 is 0 Å². The van der Waals surface area contributed by atoms with Crippen LogP contribution < -0.4 is 0 Å². The molecule has 2 heterocycles. The molecule has 0 radical (unpaired) electrons. The van der Waals surface area contributed by atoms with E-state index in [1.54, 1.807) is 0 Å². The molecule has 0 aromatic carbocycles. The summed E-state index contributed by atoms with van der Waals surface area (Å²) >= 11 is 2.04. The highest BCUT2D eigenvalue weighted by Gasteiger charge is 2.39. The molecule has 2 rings (SSSR count). The van der Waals surface area contributed by atoms with Gasteiger partial charge < -0.3 is 5.11 Å². The number of likely N-dealkylation sites (tertiary alicyclic amines) is 1. The number of carboxylic acids is 1. The van der Waals surface area contributed by atoms with E-state index in [2.05, 4.69) is 11.8 Å². The summed E-state index contributed by atoms with van der Waals surface area (Å²) in [6.07, 6.45) is 1.28. The average molecular weight is 229 g/mol. The largest absolute Gasteiger partial charge is 0.481 e. The smallest absolute Gasteiger partial charge is 0.306 e. The molecule has 2 fully saturated rings. The van der Waals surface area contributed by atoms with Gasteiger partial charge in [0.2, 0.25) is 0 Å². The lowest BCUT2D eigenvalue weighted by atomic mass is 9.85. The van der Waals surface area contributed by atoms with Crippen LogP contribution in [0.25, 0.3) is 0 Å². The first-order valence-corrected chi connectivity index (χ1v) is 6.71. The maximum absolute atomic E-state index is 10.8. The Morgan fingerprint density at radius 1 is 1.53 bits per heavy atom. The summed E-state index contributed by atoms with van der Waals surface area (Å²) in [6, 6.07) is 0.710. The van der Waals surface area contributed by atoms with Crippen molar-refractivity contribution in [3.8, 4) is 0 Å². The number of carbonyl (C=O) groups is 1. The summed E-state index contributed by atoms with van der Waals surface area (Å²) in [5, 5.41) is 9.67. The van der Waals surface area contributed by atoms with Crippen molar-refractivity contribution in [2.45, 2.75) is 31.6 Å². The van der Waals surface area contributed by atoms with E-state index in [1.165, 1.54) is 12.2 Å². The van der Waals surface area contributed by atoms with E-state index in [1.807, 2.05) is 18.7 Å². The Labute approximate surface area is 95.2 Å². The average Bonchev–Trinajstić information content (AvgIpc) is 2.49. The summed E-state index contributed by atoms with van der Waals surface area (Å²) in [5.41, 5.74) is 0. The van der Waals surface area contributed by atoms with Gasteiger partial charge in [0.05, 0.1) is 5.92 Å². The van der Waals surface area contributed by atoms with E-state index in [0.717, 1.165) is 18.3 Å². The molecule has 0 bridgehead atoms. The zero-order valence-electron chi connectivity index (χ0n) is 9.35. The van der Waals surface area contributed by atoms with Gasteiger partial charge in [-0.25, -0.2) is 0 Å². The zero-order valence-corrected chi connectivity index (χ0v) is 10.2. The first-order valence-electron chi connectivity index (χ1n) is 5.66. The van der Waals surface area contributed by atoms with Crippen molar-refractivity contribution in [2.24, 2.45) is 11.8 Å². The second kappa shape index (κ2) is 4.34. The van der Waals surface area contributed by atoms with Gasteiger partial charge in [-0.2, -0.15) is 11.8 Å². The number of carboxylic acid groups (broad SMARTS) is 1. The number of rotatable bonds is 3. The fourth-order valence-electron chi connectivity index (χ4n) is 2.41. The second-order valence-electron chi connectivity index (χ2n) is 4.87. The molecule has 0 aromatic heterocycles. The van der Waals surface area contributed by atoms with Crippen molar-refractivity contribution in [2.75, 3.05) is 18.8 Å². The molecule has 2 saturated heterocycles. The molecule has 2 aliphatic heterocycles. The van der Waals surface area contributed by atoms with Crippen molar-refractivity contribution in [1.29, 1.82) is 0 Å². The van der Waals surface area contributed by atoms with Crippen LogP contribution in [0.1, 0.15) is 20.3 Å². The number of thioether (sulfide) groups is 1. The van der Waals surface area contributed by atoms with E-state index in [-0.39, 0.29) is 5.92 Å². The molecule has 15 heavy (non-hydrogen) atoms. The summed E-state index contributed by atoms with van der Waals surface area (Å²) in [4.78, 5) is 13.2. The maximum Gasteiger partial charge on any atom is 0.306 e. The molecule has 2 aliphatic rings. The summed E-state index contributed by atoms with van der Waals surface area (Å²) < 4.78 is 0. The Bertz CT molecular complexity index is 253. The van der Waals surface area contributed by atoms with Gasteiger partial charge in [0.15, 0.2) is 0 Å². The Hall–Kier alpha value is -0.220. The lowest BCUT2D eigenvalue weighted by Crippen LogP contribution is -2.55. The molecular weight excluding hydrogens is 210 g/mol. The van der Waals surface area contributed by atoms with Crippen LogP contribution in [0.15, 0.2) is 0 Å². The van der Waals surface area contributed by atoms with E-state index in [4.69, 9.17) is 5.11 Å². The number of aliphatic carboxylic acids is 1. The van der Waals surface area contributed by atoms with Crippen molar-refractivity contribution in [1.82, 2.24) is 4.90 Å². The van der Waals surface area contributed by atoms with Gasteiger partial charge in [0.1, 0.15) is 0 Å². The highest BCUT2D eigenvalue weighted by atomic mass is 32.2. The maximum atomic E-state index is 10.8. The Balaban J connectivity index is 1.76. The van der Waals surface area contributed by atoms with Crippen LogP contribution in [0.5, 0.6) is 0 Å². The third-order valence-electron chi connectivity index (χ3n) is 3.73. The quantitative estimate of drug-likeness (QED) is 0.797. The van der Waals surface area contributed by atoms with Gasteiger partial charge in [-0.3, -0.25) is 9.69 Å². The van der Waals surface area contributed by atoms with Gasteiger partial charge in [0.25, 0.3) is 0 Å². The first kappa shape index (κ1) is 11.3. The third-order valence-corrected chi connectivity index (χ3v) is 5.07. The minimum absolute atomic E-state index is 0.173. The number of hydrogen-bond donors (Lipinski definition) is 1. The van der Waals surface area contributed by atoms with Gasteiger partial charge >= 0.3 is 5.97 Å². The SMILES string of the molecule is CC1CC(N2CC(C(C)C(=O)O)C2)CS1. The molecule has 0 aliphatic carbocycles. The highest BCUT2D eigenvalue weighted by molar-refractivity contribution is 8.00. The second-order valence-corrected chi connectivity index (χ2v) is 6.35. The normalized spacial score (nSPS) is 35.1. The molecule has 4 heteroatoms. The molecule has 86 valence electrons. The van der Waals surface area contributed by atoms with Crippen LogP contribution in [0.4, 0.5) is 0 Å². The molecule has 3 nitrogen and oxygen atoms in total. The number of hydrogen-bond acceptors (Lipinski definition) is 3. The van der Waals surface area contributed by atoms with E-state index in [0.29, 0.717) is 12.0 Å². The summed E-state index contributed by atoms with van der Waals surface area (Å²) in [5.74, 6) is 0.792. The van der Waals surface area contributed by atoms with Crippen molar-refractivity contribution < 1.29 is 9.90 Å². The fourth-order valence-corrected chi connectivity index (χ4v) is 3.67. The summed E-state index contributed by atoms with van der Waals surface area (Å²) in [7, 11) is 0. The van der Waals surface area contributed by atoms with E-state index in [9.17, 15) is 4.79 Å². The monoisotopic (exact) mass is 229 g/mol. The zero-order chi connectivity index (χ0) is 11.0.